The zero-order valence-corrected chi connectivity index (χ0v) is 24.8. The fraction of sp³-hybridized carbons (Fsp3) is 0.108. The number of carbonyl (C=O) groups is 3. The second-order valence-electron chi connectivity index (χ2n) is 10.5. The summed E-state index contributed by atoms with van der Waals surface area (Å²) < 4.78 is 17.6. The number of barbiturate groups is 1. The van der Waals surface area contributed by atoms with Gasteiger partial charge in [-0.05, 0) is 76.9 Å². The lowest BCUT2D eigenvalue weighted by Gasteiger charge is -2.26. The topological polar surface area (TPSA) is 94.2 Å². The first-order valence-corrected chi connectivity index (χ1v) is 14.4. The molecule has 1 aliphatic heterocycles. The molecule has 0 radical (unpaired) electrons. The van der Waals surface area contributed by atoms with E-state index in [1.807, 2.05) is 49.4 Å². The van der Waals surface area contributed by atoms with Gasteiger partial charge in [-0.25, -0.2) is 9.69 Å². The zero-order valence-electron chi connectivity index (χ0n) is 24.8. The predicted octanol–water partition coefficient (Wildman–Crippen LogP) is 6.98. The molecule has 45 heavy (non-hydrogen) atoms. The molecule has 1 N–H and O–H groups in total. The third-order valence-corrected chi connectivity index (χ3v) is 7.59. The first-order chi connectivity index (χ1) is 21.9. The average Bonchev–Trinajstić information content (AvgIpc) is 3.06. The van der Waals surface area contributed by atoms with Gasteiger partial charge in [-0.2, -0.15) is 0 Å². The minimum atomic E-state index is -0.829. The molecule has 1 heterocycles. The van der Waals surface area contributed by atoms with E-state index in [4.69, 9.17) is 14.2 Å². The summed E-state index contributed by atoms with van der Waals surface area (Å²) in [6.45, 7) is 2.75. The van der Waals surface area contributed by atoms with Crippen molar-refractivity contribution in [2.75, 3.05) is 12.0 Å². The predicted molar refractivity (Wildman–Crippen MR) is 172 cm³/mol. The van der Waals surface area contributed by atoms with Crippen LogP contribution in [-0.4, -0.2) is 25.0 Å². The van der Waals surface area contributed by atoms with E-state index in [1.54, 1.807) is 42.5 Å². The van der Waals surface area contributed by atoms with Crippen molar-refractivity contribution < 1.29 is 28.6 Å². The summed E-state index contributed by atoms with van der Waals surface area (Å²) in [4.78, 5) is 39.9. The van der Waals surface area contributed by atoms with Gasteiger partial charge >= 0.3 is 6.03 Å². The minimum absolute atomic E-state index is 0.193. The summed E-state index contributed by atoms with van der Waals surface area (Å²) in [5.41, 5.74) is 3.83. The highest BCUT2D eigenvalue weighted by Gasteiger charge is 2.36. The Morgan fingerprint density at radius 2 is 1.51 bits per heavy atom. The molecule has 0 unspecified atom stereocenters. The summed E-state index contributed by atoms with van der Waals surface area (Å²) >= 11 is 0. The van der Waals surface area contributed by atoms with Crippen LogP contribution in [0.3, 0.4) is 0 Å². The van der Waals surface area contributed by atoms with Crippen molar-refractivity contribution in [2.24, 2.45) is 0 Å². The third kappa shape index (κ3) is 6.26. The van der Waals surface area contributed by atoms with Crippen LogP contribution < -0.4 is 24.4 Å². The summed E-state index contributed by atoms with van der Waals surface area (Å²) in [6.07, 6.45) is 1.43. The van der Waals surface area contributed by atoms with Crippen LogP contribution in [0.1, 0.15) is 22.3 Å². The monoisotopic (exact) mass is 598 g/mol. The molecule has 1 saturated heterocycles. The van der Waals surface area contributed by atoms with Crippen LogP contribution in [0, 0.1) is 6.92 Å². The first kappa shape index (κ1) is 29.2. The first-order valence-electron chi connectivity index (χ1n) is 14.4. The lowest BCUT2D eigenvalue weighted by atomic mass is 10.0. The molecule has 224 valence electrons. The number of hydrogen-bond donors (Lipinski definition) is 1. The van der Waals surface area contributed by atoms with Gasteiger partial charge in [-0.1, -0.05) is 72.8 Å². The Kier molecular flexibility index (Phi) is 8.28. The van der Waals surface area contributed by atoms with Crippen molar-refractivity contribution in [2.45, 2.75) is 20.1 Å². The lowest BCUT2D eigenvalue weighted by Crippen LogP contribution is -2.54. The van der Waals surface area contributed by atoms with E-state index in [0.29, 0.717) is 41.7 Å². The maximum Gasteiger partial charge on any atom is 0.335 e. The van der Waals surface area contributed by atoms with E-state index < -0.39 is 17.8 Å². The Labute approximate surface area is 260 Å². The Morgan fingerprint density at radius 1 is 0.756 bits per heavy atom. The molecule has 6 rings (SSSR count). The van der Waals surface area contributed by atoms with Crippen LogP contribution in [0.15, 0.2) is 115 Å². The molecule has 8 nitrogen and oxygen atoms in total. The maximum atomic E-state index is 13.5. The van der Waals surface area contributed by atoms with Crippen LogP contribution in [-0.2, 0) is 22.8 Å². The quantitative estimate of drug-likeness (QED) is 0.145. The van der Waals surface area contributed by atoms with Gasteiger partial charge in [0.2, 0.25) is 0 Å². The summed E-state index contributed by atoms with van der Waals surface area (Å²) in [7, 11) is 1.52. The fourth-order valence-electron chi connectivity index (χ4n) is 5.17. The van der Waals surface area contributed by atoms with Gasteiger partial charge in [0.15, 0.2) is 11.5 Å². The van der Waals surface area contributed by atoms with Gasteiger partial charge in [0.1, 0.15) is 24.5 Å². The highest BCUT2D eigenvalue weighted by Crippen LogP contribution is 2.32. The van der Waals surface area contributed by atoms with E-state index in [-0.39, 0.29) is 5.57 Å². The normalized spacial score (nSPS) is 14.0. The number of imide groups is 2. The molecule has 0 spiro atoms. The second kappa shape index (κ2) is 12.8. The number of amides is 4. The summed E-state index contributed by atoms with van der Waals surface area (Å²) in [6, 6.07) is 32.8. The molecule has 0 bridgehead atoms. The van der Waals surface area contributed by atoms with E-state index in [2.05, 4.69) is 29.6 Å². The second-order valence-corrected chi connectivity index (χ2v) is 10.5. The molecule has 0 aliphatic carbocycles. The number of nitrogens with zero attached hydrogens (tertiary/aromatic N) is 1. The number of aryl methyl sites for hydroxylation is 1. The van der Waals surface area contributed by atoms with E-state index in [9.17, 15) is 14.4 Å². The minimum Gasteiger partial charge on any atom is -0.493 e. The molecular formula is C37H30N2O6. The van der Waals surface area contributed by atoms with Crippen LogP contribution in [0.2, 0.25) is 0 Å². The van der Waals surface area contributed by atoms with E-state index in [1.165, 1.54) is 13.2 Å². The van der Waals surface area contributed by atoms with Crippen LogP contribution in [0.4, 0.5) is 10.5 Å². The molecule has 0 aromatic heterocycles. The van der Waals surface area contributed by atoms with Gasteiger partial charge in [0, 0.05) is 5.56 Å². The summed E-state index contributed by atoms with van der Waals surface area (Å²) in [5.74, 6) is -0.00532. The van der Waals surface area contributed by atoms with Crippen molar-refractivity contribution in [3.05, 3.63) is 137 Å². The standard InChI is InChI=1S/C37H30N2O6/c1-24-12-14-27-10-6-7-11-30(27)32(24)23-45-33-19-13-26(21-34(33)43-2)20-31-35(40)38-37(42)39(36(31)41)28-15-17-29(18-16-28)44-22-25-8-4-3-5-9-25/h3-21H,22-23H2,1-2H3,(H,38,40,42)/b31-20+. The molecule has 0 saturated carbocycles. The van der Waals surface area contributed by atoms with Crippen molar-refractivity contribution in [3.63, 3.8) is 0 Å². The SMILES string of the molecule is COc1cc(/C=C2\C(=O)NC(=O)N(c3ccc(OCc4ccccc4)cc3)C2=O)ccc1OCc1c(C)ccc2ccccc12. The van der Waals surface area contributed by atoms with E-state index in [0.717, 1.165) is 32.4 Å². The number of anilines is 1. The number of methoxy groups -OCH3 is 1. The lowest BCUT2D eigenvalue weighted by molar-refractivity contribution is -0.122. The molecule has 1 aliphatic rings. The van der Waals surface area contributed by atoms with Gasteiger partial charge in [0.25, 0.3) is 11.8 Å². The number of urea groups is 1. The molecule has 5 aromatic rings. The number of ether oxygens (including phenoxy) is 3. The van der Waals surface area contributed by atoms with Crippen molar-refractivity contribution >= 4 is 40.4 Å². The Bertz CT molecular complexity index is 1930. The number of nitrogens with one attached hydrogen (secondary N) is 1. The smallest absolute Gasteiger partial charge is 0.335 e. The largest absolute Gasteiger partial charge is 0.493 e. The van der Waals surface area contributed by atoms with Crippen molar-refractivity contribution in [1.29, 1.82) is 0 Å². The van der Waals surface area contributed by atoms with Gasteiger partial charge in [-0.3, -0.25) is 14.9 Å². The number of benzene rings is 5. The highest BCUT2D eigenvalue weighted by atomic mass is 16.5. The third-order valence-electron chi connectivity index (χ3n) is 7.59. The van der Waals surface area contributed by atoms with Gasteiger partial charge in [0.05, 0.1) is 12.8 Å². The number of rotatable bonds is 9. The molecule has 8 heteroatoms. The van der Waals surface area contributed by atoms with Crippen LogP contribution in [0.5, 0.6) is 17.2 Å². The Hall–Kier alpha value is -5.89. The van der Waals surface area contributed by atoms with Crippen LogP contribution in [0.25, 0.3) is 16.8 Å². The molecule has 5 aromatic carbocycles. The Morgan fingerprint density at radius 3 is 2.29 bits per heavy atom. The van der Waals surface area contributed by atoms with Crippen molar-refractivity contribution in [1.82, 2.24) is 5.32 Å². The molecule has 4 amide bonds. The van der Waals surface area contributed by atoms with Gasteiger partial charge in [-0.15, -0.1) is 0 Å². The zero-order chi connectivity index (χ0) is 31.3. The van der Waals surface area contributed by atoms with Crippen LogP contribution >= 0.6 is 0 Å². The molecular weight excluding hydrogens is 568 g/mol. The number of fused-ring (bicyclic) bond motifs is 1. The summed E-state index contributed by atoms with van der Waals surface area (Å²) in [5, 5.41) is 4.51. The van der Waals surface area contributed by atoms with Gasteiger partial charge < -0.3 is 14.2 Å². The number of carbonyl (C=O) groups excluding carboxylic acids is 3. The van der Waals surface area contributed by atoms with E-state index >= 15 is 0 Å². The Balaban J connectivity index is 1.19. The van der Waals surface area contributed by atoms with Crippen molar-refractivity contribution in [3.8, 4) is 17.2 Å². The molecule has 0 atom stereocenters. The number of hydrogen-bond acceptors (Lipinski definition) is 6. The molecule has 1 fully saturated rings. The highest BCUT2D eigenvalue weighted by molar-refractivity contribution is 6.39. The maximum absolute atomic E-state index is 13.5. The average molecular weight is 599 g/mol. The fourth-order valence-corrected chi connectivity index (χ4v) is 5.17.